The number of rotatable bonds is 9. The highest BCUT2D eigenvalue weighted by atomic mass is 16.5. The van der Waals surface area contributed by atoms with E-state index in [9.17, 15) is 0 Å². The first-order valence-corrected chi connectivity index (χ1v) is 7.88. The lowest BCUT2D eigenvalue weighted by Crippen LogP contribution is -2.27. The molecule has 0 unspecified atom stereocenters. The first-order valence-electron chi connectivity index (χ1n) is 7.88. The molecule has 2 aromatic carbocycles. The summed E-state index contributed by atoms with van der Waals surface area (Å²) in [6.07, 6.45) is 0. The summed E-state index contributed by atoms with van der Waals surface area (Å²) in [5, 5.41) is 0. The van der Waals surface area contributed by atoms with Gasteiger partial charge in [0.05, 0.1) is 14.2 Å². The van der Waals surface area contributed by atoms with Crippen LogP contribution in [0.25, 0.3) is 0 Å². The average Bonchev–Trinajstić information content (AvgIpc) is 2.61. The predicted molar refractivity (Wildman–Crippen MR) is 92.4 cm³/mol. The van der Waals surface area contributed by atoms with Crippen molar-refractivity contribution < 1.29 is 14.2 Å². The lowest BCUT2D eigenvalue weighted by atomic mass is 10.2. The summed E-state index contributed by atoms with van der Waals surface area (Å²) in [4.78, 5) is 2.34. The minimum absolute atomic E-state index is 0.672. The number of para-hydroxylation sites is 1. The van der Waals surface area contributed by atoms with Crippen molar-refractivity contribution >= 4 is 0 Å². The molecule has 0 radical (unpaired) electrons. The Balaban J connectivity index is 1.89. The molecule has 4 nitrogen and oxygen atoms in total. The fraction of sp³-hybridized carbons (Fsp3) is 0.368. The van der Waals surface area contributed by atoms with Crippen LogP contribution in [0, 0.1) is 0 Å². The monoisotopic (exact) mass is 315 g/mol. The molecule has 0 bridgehead atoms. The molecule has 0 spiro atoms. The van der Waals surface area contributed by atoms with Crippen LogP contribution in [0.2, 0.25) is 0 Å². The van der Waals surface area contributed by atoms with Crippen molar-refractivity contribution in [2.45, 2.75) is 13.5 Å². The summed E-state index contributed by atoms with van der Waals surface area (Å²) < 4.78 is 16.4. The molecule has 0 aliphatic carbocycles. The lowest BCUT2D eigenvalue weighted by molar-refractivity contribution is 0.210. The zero-order valence-corrected chi connectivity index (χ0v) is 14.1. The van der Waals surface area contributed by atoms with Gasteiger partial charge in [0, 0.05) is 13.1 Å². The second kappa shape index (κ2) is 9.06. The van der Waals surface area contributed by atoms with Crippen LogP contribution in [-0.4, -0.2) is 38.8 Å². The molecule has 4 heteroatoms. The van der Waals surface area contributed by atoms with Gasteiger partial charge in [-0.2, -0.15) is 0 Å². The van der Waals surface area contributed by atoms with Crippen molar-refractivity contribution in [1.29, 1.82) is 0 Å². The van der Waals surface area contributed by atoms with Gasteiger partial charge in [0.15, 0.2) is 11.5 Å². The molecule has 0 atom stereocenters. The third kappa shape index (κ3) is 5.18. The number of nitrogens with zero attached hydrogens (tertiary/aromatic N) is 1. The molecule has 0 aliphatic rings. The van der Waals surface area contributed by atoms with E-state index in [-0.39, 0.29) is 0 Å². The van der Waals surface area contributed by atoms with E-state index < -0.39 is 0 Å². The predicted octanol–water partition coefficient (Wildman–Crippen LogP) is 3.60. The van der Waals surface area contributed by atoms with Crippen LogP contribution in [0.5, 0.6) is 17.2 Å². The van der Waals surface area contributed by atoms with Crippen molar-refractivity contribution in [1.82, 2.24) is 4.90 Å². The third-order valence-electron chi connectivity index (χ3n) is 3.72. The minimum atomic E-state index is 0.672. The Morgan fingerprint density at radius 1 is 0.913 bits per heavy atom. The van der Waals surface area contributed by atoms with Gasteiger partial charge >= 0.3 is 0 Å². The summed E-state index contributed by atoms with van der Waals surface area (Å²) in [6.45, 7) is 5.52. The SMILES string of the molecule is CCN(CCOc1ccccc1)Cc1ccc(OC)c(OC)c1. The summed E-state index contributed by atoms with van der Waals surface area (Å²) in [6, 6.07) is 16.0. The van der Waals surface area contributed by atoms with Gasteiger partial charge in [0.25, 0.3) is 0 Å². The van der Waals surface area contributed by atoms with E-state index in [0.717, 1.165) is 36.9 Å². The Hall–Kier alpha value is -2.20. The molecule has 0 heterocycles. The fourth-order valence-electron chi connectivity index (χ4n) is 2.40. The van der Waals surface area contributed by atoms with Crippen LogP contribution in [0.1, 0.15) is 12.5 Å². The summed E-state index contributed by atoms with van der Waals surface area (Å²) in [5.41, 5.74) is 1.20. The molecule has 0 fully saturated rings. The maximum absolute atomic E-state index is 5.77. The lowest BCUT2D eigenvalue weighted by Gasteiger charge is -2.21. The van der Waals surface area contributed by atoms with Gasteiger partial charge in [0.1, 0.15) is 12.4 Å². The molecule has 124 valence electrons. The zero-order chi connectivity index (χ0) is 16.5. The zero-order valence-electron chi connectivity index (χ0n) is 14.1. The van der Waals surface area contributed by atoms with Gasteiger partial charge in [-0.15, -0.1) is 0 Å². The summed E-state index contributed by atoms with van der Waals surface area (Å²) in [7, 11) is 3.31. The van der Waals surface area contributed by atoms with Gasteiger partial charge in [-0.25, -0.2) is 0 Å². The minimum Gasteiger partial charge on any atom is -0.493 e. The fourth-order valence-corrected chi connectivity index (χ4v) is 2.40. The topological polar surface area (TPSA) is 30.9 Å². The second-order valence-corrected chi connectivity index (χ2v) is 5.22. The van der Waals surface area contributed by atoms with Crippen LogP contribution in [-0.2, 0) is 6.54 Å². The van der Waals surface area contributed by atoms with Crippen LogP contribution >= 0.6 is 0 Å². The number of likely N-dealkylation sites (N-methyl/N-ethyl adjacent to an activating group) is 1. The first kappa shape index (κ1) is 17.2. The molecule has 0 amide bonds. The van der Waals surface area contributed by atoms with Gasteiger partial charge in [-0.3, -0.25) is 4.90 Å². The largest absolute Gasteiger partial charge is 0.493 e. The van der Waals surface area contributed by atoms with Crippen molar-refractivity contribution in [2.24, 2.45) is 0 Å². The van der Waals surface area contributed by atoms with E-state index in [1.54, 1.807) is 14.2 Å². The molecule has 2 rings (SSSR count). The van der Waals surface area contributed by atoms with E-state index in [2.05, 4.69) is 17.9 Å². The van der Waals surface area contributed by atoms with Crippen LogP contribution in [0.3, 0.4) is 0 Å². The van der Waals surface area contributed by atoms with Crippen LogP contribution in [0.15, 0.2) is 48.5 Å². The number of hydrogen-bond donors (Lipinski definition) is 0. The molecule has 0 aliphatic heterocycles. The maximum atomic E-state index is 5.77. The molecule has 2 aromatic rings. The Morgan fingerprint density at radius 3 is 2.30 bits per heavy atom. The molecule has 23 heavy (non-hydrogen) atoms. The Bertz CT molecular complexity index is 586. The number of ether oxygens (including phenoxy) is 3. The van der Waals surface area contributed by atoms with Crippen molar-refractivity contribution in [3.05, 3.63) is 54.1 Å². The first-order chi connectivity index (χ1) is 11.3. The van der Waals surface area contributed by atoms with Gasteiger partial charge in [-0.1, -0.05) is 31.2 Å². The maximum Gasteiger partial charge on any atom is 0.161 e. The molecular formula is C19H25NO3. The van der Waals surface area contributed by atoms with Gasteiger partial charge in [-0.05, 0) is 36.4 Å². The number of benzene rings is 2. The normalized spacial score (nSPS) is 10.6. The molecule has 0 saturated carbocycles. The highest BCUT2D eigenvalue weighted by Crippen LogP contribution is 2.28. The number of hydrogen-bond acceptors (Lipinski definition) is 4. The molecular weight excluding hydrogens is 290 g/mol. The Kier molecular flexibility index (Phi) is 6.76. The molecule has 0 aromatic heterocycles. The molecule has 0 N–H and O–H groups in total. The number of methoxy groups -OCH3 is 2. The average molecular weight is 315 g/mol. The smallest absolute Gasteiger partial charge is 0.161 e. The van der Waals surface area contributed by atoms with E-state index in [0.29, 0.717) is 6.61 Å². The summed E-state index contributed by atoms with van der Waals surface area (Å²) in [5.74, 6) is 2.43. The standard InChI is InChI=1S/C19H25NO3/c1-4-20(12-13-23-17-8-6-5-7-9-17)15-16-10-11-18(21-2)19(14-16)22-3/h5-11,14H,4,12-13,15H2,1-3H3. The van der Waals surface area contributed by atoms with E-state index >= 15 is 0 Å². The van der Waals surface area contributed by atoms with Crippen LogP contribution < -0.4 is 14.2 Å². The highest BCUT2D eigenvalue weighted by Gasteiger charge is 2.08. The van der Waals surface area contributed by atoms with E-state index in [4.69, 9.17) is 14.2 Å². The van der Waals surface area contributed by atoms with Crippen molar-refractivity contribution in [3.63, 3.8) is 0 Å². The van der Waals surface area contributed by atoms with Gasteiger partial charge < -0.3 is 14.2 Å². The van der Waals surface area contributed by atoms with Crippen molar-refractivity contribution in [3.8, 4) is 17.2 Å². The Labute approximate surface area is 138 Å². The van der Waals surface area contributed by atoms with Crippen LogP contribution in [0.4, 0.5) is 0 Å². The van der Waals surface area contributed by atoms with Gasteiger partial charge in [0.2, 0.25) is 0 Å². The van der Waals surface area contributed by atoms with E-state index in [1.807, 2.05) is 42.5 Å². The Morgan fingerprint density at radius 2 is 1.65 bits per heavy atom. The highest BCUT2D eigenvalue weighted by molar-refractivity contribution is 5.42. The molecule has 0 saturated heterocycles. The third-order valence-corrected chi connectivity index (χ3v) is 3.72. The van der Waals surface area contributed by atoms with Crippen molar-refractivity contribution in [2.75, 3.05) is 33.9 Å². The quantitative estimate of drug-likeness (QED) is 0.707. The second-order valence-electron chi connectivity index (χ2n) is 5.22. The van der Waals surface area contributed by atoms with E-state index in [1.165, 1.54) is 5.56 Å². The summed E-state index contributed by atoms with van der Waals surface area (Å²) >= 11 is 0.